The van der Waals surface area contributed by atoms with Gasteiger partial charge in [0, 0.05) is 0 Å². The lowest BCUT2D eigenvalue weighted by Gasteiger charge is -2.49. The standard InChI is InChI=1S/C18H10O6/c19-13-17(14(20)23-13)9-8-12(7-6-11-4-2-1-3-5-11)10-18(17)15(21)24-16(18)22/h1-10H. The lowest BCUT2D eigenvalue weighted by Crippen LogP contribution is -2.72. The Hall–Kier alpha value is -3.28. The summed E-state index contributed by atoms with van der Waals surface area (Å²) in [5.41, 5.74) is -2.45. The second kappa shape index (κ2) is 4.61. The summed E-state index contributed by atoms with van der Waals surface area (Å²) in [4.78, 5) is 47.9. The molecule has 2 saturated heterocycles. The summed E-state index contributed by atoms with van der Waals surface area (Å²) in [7, 11) is 0. The van der Waals surface area contributed by atoms with Gasteiger partial charge in [0.2, 0.25) is 10.8 Å². The van der Waals surface area contributed by atoms with Crippen LogP contribution in [0, 0.1) is 10.8 Å². The molecule has 1 aromatic rings. The molecular weight excluding hydrogens is 312 g/mol. The van der Waals surface area contributed by atoms with Crippen LogP contribution in [0.5, 0.6) is 0 Å². The summed E-state index contributed by atoms with van der Waals surface area (Å²) >= 11 is 0. The van der Waals surface area contributed by atoms with Crippen molar-refractivity contribution in [3.05, 3.63) is 65.8 Å². The number of ether oxygens (including phenoxy) is 2. The van der Waals surface area contributed by atoms with Crippen molar-refractivity contribution in [3.63, 3.8) is 0 Å². The van der Waals surface area contributed by atoms with Gasteiger partial charge in [-0.1, -0.05) is 54.6 Å². The minimum atomic E-state index is -1.95. The van der Waals surface area contributed by atoms with Gasteiger partial charge >= 0.3 is 23.9 Å². The van der Waals surface area contributed by atoms with Gasteiger partial charge in [-0.05, 0) is 17.2 Å². The topological polar surface area (TPSA) is 86.7 Å². The molecule has 2 aliphatic heterocycles. The molecule has 2 fully saturated rings. The number of allylic oxidation sites excluding steroid dienone is 3. The van der Waals surface area contributed by atoms with Crippen molar-refractivity contribution in [2.45, 2.75) is 0 Å². The summed E-state index contributed by atoms with van der Waals surface area (Å²) in [5.74, 6) is -3.69. The zero-order valence-electron chi connectivity index (χ0n) is 12.2. The van der Waals surface area contributed by atoms with E-state index in [0.29, 0.717) is 5.57 Å². The lowest BCUT2D eigenvalue weighted by atomic mass is 9.56. The normalized spacial score (nSPS) is 22.9. The maximum absolute atomic E-state index is 12.0. The molecule has 0 aromatic heterocycles. The number of hydrogen-bond acceptors (Lipinski definition) is 6. The third-order valence-electron chi connectivity index (χ3n) is 4.46. The van der Waals surface area contributed by atoms with E-state index in [1.54, 1.807) is 12.2 Å². The van der Waals surface area contributed by atoms with Crippen LogP contribution in [0.4, 0.5) is 0 Å². The number of hydrogen-bond donors (Lipinski definition) is 0. The van der Waals surface area contributed by atoms with E-state index < -0.39 is 34.7 Å². The summed E-state index contributed by atoms with van der Waals surface area (Å²) in [5, 5.41) is 0. The van der Waals surface area contributed by atoms with Crippen molar-refractivity contribution in [2.24, 2.45) is 10.8 Å². The number of carbonyl (C=O) groups is 4. The highest BCUT2D eigenvalue weighted by Crippen LogP contribution is 2.57. The largest absolute Gasteiger partial charge is 0.391 e. The van der Waals surface area contributed by atoms with Gasteiger partial charge in [-0.2, -0.15) is 0 Å². The van der Waals surface area contributed by atoms with Crippen molar-refractivity contribution in [2.75, 3.05) is 0 Å². The molecule has 0 radical (unpaired) electrons. The number of cyclic esters (lactones) is 4. The molecule has 0 bridgehead atoms. The van der Waals surface area contributed by atoms with Gasteiger partial charge in [-0.25, -0.2) is 19.2 Å². The van der Waals surface area contributed by atoms with Crippen LogP contribution in [0.1, 0.15) is 5.56 Å². The fourth-order valence-electron chi connectivity index (χ4n) is 3.09. The highest BCUT2D eigenvalue weighted by Gasteiger charge is 2.81. The van der Waals surface area contributed by atoms with Crippen LogP contribution in [-0.4, -0.2) is 23.9 Å². The Morgan fingerprint density at radius 1 is 0.750 bits per heavy atom. The molecule has 6 nitrogen and oxygen atoms in total. The van der Waals surface area contributed by atoms with E-state index in [1.807, 2.05) is 30.3 Å². The van der Waals surface area contributed by atoms with Gasteiger partial charge in [0.25, 0.3) is 0 Å². The Morgan fingerprint density at radius 2 is 1.33 bits per heavy atom. The summed E-state index contributed by atoms with van der Waals surface area (Å²) in [6.45, 7) is 0. The first kappa shape index (κ1) is 14.3. The zero-order valence-corrected chi connectivity index (χ0v) is 12.2. The second-order valence-corrected chi connectivity index (χ2v) is 5.69. The molecule has 2 heterocycles. The fourth-order valence-corrected chi connectivity index (χ4v) is 3.09. The van der Waals surface area contributed by atoms with E-state index in [-0.39, 0.29) is 0 Å². The number of benzene rings is 1. The maximum atomic E-state index is 12.0. The molecule has 0 atom stereocenters. The third-order valence-corrected chi connectivity index (χ3v) is 4.46. The smallest absolute Gasteiger partial charge is 0.337 e. The van der Waals surface area contributed by atoms with Crippen molar-refractivity contribution >= 4 is 30.0 Å². The summed E-state index contributed by atoms with van der Waals surface area (Å²) < 4.78 is 8.82. The van der Waals surface area contributed by atoms with Crippen LogP contribution in [-0.2, 0) is 28.7 Å². The average molecular weight is 322 g/mol. The van der Waals surface area contributed by atoms with Crippen molar-refractivity contribution in [1.29, 1.82) is 0 Å². The zero-order chi connectivity index (χ0) is 16.9. The van der Waals surface area contributed by atoms with Crippen LogP contribution in [0.3, 0.4) is 0 Å². The van der Waals surface area contributed by atoms with Crippen LogP contribution < -0.4 is 0 Å². The number of carbonyl (C=O) groups excluding carboxylic acids is 4. The predicted octanol–water partition coefficient (Wildman–Crippen LogP) is 1.34. The van der Waals surface area contributed by atoms with Gasteiger partial charge in [-0.3, -0.25) is 0 Å². The van der Waals surface area contributed by atoms with Gasteiger partial charge in [-0.15, -0.1) is 0 Å². The van der Waals surface area contributed by atoms with E-state index in [4.69, 9.17) is 0 Å². The molecule has 1 aromatic carbocycles. The van der Waals surface area contributed by atoms with Crippen LogP contribution in [0.25, 0.3) is 6.08 Å². The molecule has 4 rings (SSSR count). The Balaban J connectivity index is 1.76. The first-order valence-electron chi connectivity index (χ1n) is 7.19. The molecule has 0 N–H and O–H groups in total. The molecule has 6 heteroatoms. The van der Waals surface area contributed by atoms with Crippen molar-refractivity contribution in [3.8, 4) is 0 Å². The maximum Gasteiger partial charge on any atom is 0.337 e. The molecule has 3 aliphatic rings. The Labute approximate surface area is 136 Å². The molecule has 0 saturated carbocycles. The van der Waals surface area contributed by atoms with E-state index in [9.17, 15) is 19.2 Å². The van der Waals surface area contributed by atoms with Gasteiger partial charge in [0.15, 0.2) is 0 Å². The first-order chi connectivity index (χ1) is 11.5. The van der Waals surface area contributed by atoms with Crippen LogP contribution in [0.15, 0.2) is 60.2 Å². The van der Waals surface area contributed by atoms with E-state index in [0.717, 1.165) is 5.56 Å². The van der Waals surface area contributed by atoms with E-state index >= 15 is 0 Å². The molecule has 24 heavy (non-hydrogen) atoms. The van der Waals surface area contributed by atoms with Gasteiger partial charge in [0.1, 0.15) is 0 Å². The fraction of sp³-hybridized carbons (Fsp3) is 0.111. The van der Waals surface area contributed by atoms with Gasteiger partial charge < -0.3 is 9.47 Å². The highest BCUT2D eigenvalue weighted by molar-refractivity contribution is 6.30. The van der Waals surface area contributed by atoms with Crippen molar-refractivity contribution in [1.82, 2.24) is 0 Å². The van der Waals surface area contributed by atoms with Crippen LogP contribution in [0.2, 0.25) is 0 Å². The Morgan fingerprint density at radius 3 is 1.88 bits per heavy atom. The number of esters is 4. The first-order valence-corrected chi connectivity index (χ1v) is 7.19. The SMILES string of the molecule is O=C1OC(=O)C12C=CC(C=Cc1ccccc1)=CC21C(=O)OC1=O. The molecule has 118 valence electrons. The van der Waals surface area contributed by atoms with Gasteiger partial charge in [0.05, 0.1) is 0 Å². The molecule has 1 aliphatic carbocycles. The number of fused-ring (bicyclic) bond motifs is 1. The lowest BCUT2D eigenvalue weighted by molar-refractivity contribution is -0.223. The Kier molecular flexibility index (Phi) is 2.75. The minimum Gasteiger partial charge on any atom is -0.391 e. The second-order valence-electron chi connectivity index (χ2n) is 5.69. The van der Waals surface area contributed by atoms with Crippen LogP contribution >= 0.6 is 0 Å². The summed E-state index contributed by atoms with van der Waals surface area (Å²) in [6, 6.07) is 9.40. The molecular formula is C18H10O6. The Bertz CT molecular complexity index is 859. The average Bonchev–Trinajstić information content (AvgIpc) is 2.61. The number of rotatable bonds is 2. The van der Waals surface area contributed by atoms with Crippen molar-refractivity contribution < 1.29 is 28.7 Å². The summed E-state index contributed by atoms with van der Waals surface area (Å²) in [6.07, 6.45) is 7.55. The minimum absolute atomic E-state index is 0.516. The van der Waals surface area contributed by atoms with E-state index in [2.05, 4.69) is 9.47 Å². The van der Waals surface area contributed by atoms with E-state index in [1.165, 1.54) is 18.2 Å². The predicted molar refractivity (Wildman–Crippen MR) is 79.8 cm³/mol. The quantitative estimate of drug-likeness (QED) is 0.603. The highest BCUT2D eigenvalue weighted by atomic mass is 16.6. The molecule has 2 spiro atoms. The monoisotopic (exact) mass is 322 g/mol. The molecule has 0 amide bonds. The third kappa shape index (κ3) is 1.54. The molecule has 0 unspecified atom stereocenters.